The summed E-state index contributed by atoms with van der Waals surface area (Å²) in [7, 11) is 0. The maximum Gasteiger partial charge on any atom is 0.143 e. The van der Waals surface area contributed by atoms with Crippen molar-refractivity contribution in [2.75, 3.05) is 0 Å². The molecule has 0 radical (unpaired) electrons. The quantitative estimate of drug-likeness (QED) is 0.679. The van der Waals surface area contributed by atoms with Gasteiger partial charge in [0.2, 0.25) is 0 Å². The van der Waals surface area contributed by atoms with Crippen molar-refractivity contribution in [1.29, 1.82) is 0 Å². The Bertz CT molecular complexity index is 610. The number of H-pyrrole nitrogens is 1. The Kier molecular flexibility index (Phi) is 1.78. The van der Waals surface area contributed by atoms with Crippen LogP contribution in [0.3, 0.4) is 0 Å². The molecule has 0 fully saturated rings. The van der Waals surface area contributed by atoms with Crippen molar-refractivity contribution >= 4 is 21.7 Å². The monoisotopic (exact) mass is 216 g/mol. The lowest BCUT2D eigenvalue weighted by Crippen LogP contribution is -1.81. The molecule has 0 saturated heterocycles. The van der Waals surface area contributed by atoms with Crippen LogP contribution in [-0.2, 0) is 0 Å². The number of thiazole rings is 1. The van der Waals surface area contributed by atoms with E-state index in [1.54, 1.807) is 11.3 Å². The summed E-state index contributed by atoms with van der Waals surface area (Å²) < 4.78 is 0. The summed E-state index contributed by atoms with van der Waals surface area (Å²) in [6.07, 6.45) is 3.67. The highest BCUT2D eigenvalue weighted by atomic mass is 32.1. The molecule has 0 amide bonds. The Morgan fingerprint density at radius 1 is 1.27 bits per heavy atom. The zero-order valence-corrected chi connectivity index (χ0v) is 8.88. The van der Waals surface area contributed by atoms with E-state index in [4.69, 9.17) is 0 Å². The van der Waals surface area contributed by atoms with E-state index in [0.717, 1.165) is 27.2 Å². The lowest BCUT2D eigenvalue weighted by Gasteiger charge is -1.97. The van der Waals surface area contributed by atoms with Crippen LogP contribution in [0.15, 0.2) is 24.0 Å². The number of nitrogens with one attached hydrogen (secondary N) is 1. The maximum atomic E-state index is 4.35. The fourth-order valence-corrected chi connectivity index (χ4v) is 2.16. The van der Waals surface area contributed by atoms with Gasteiger partial charge in [0.15, 0.2) is 0 Å². The highest BCUT2D eigenvalue weighted by Gasteiger charge is 2.06. The van der Waals surface area contributed by atoms with Gasteiger partial charge in [-0.3, -0.25) is 5.10 Å². The number of aromatic amines is 1. The summed E-state index contributed by atoms with van der Waals surface area (Å²) >= 11 is 1.55. The molecule has 5 heteroatoms. The number of aromatic nitrogens is 4. The van der Waals surface area contributed by atoms with E-state index < -0.39 is 0 Å². The van der Waals surface area contributed by atoms with E-state index in [-0.39, 0.29) is 0 Å². The number of fused-ring (bicyclic) bond motifs is 1. The minimum absolute atomic E-state index is 0.943. The van der Waals surface area contributed by atoms with Crippen molar-refractivity contribution in [1.82, 2.24) is 20.2 Å². The smallest absolute Gasteiger partial charge is 0.143 e. The summed E-state index contributed by atoms with van der Waals surface area (Å²) in [5.74, 6) is 0. The predicted octanol–water partition coefficient (Wildman–Crippen LogP) is 2.39. The van der Waals surface area contributed by atoms with Gasteiger partial charge in [-0.1, -0.05) is 0 Å². The van der Waals surface area contributed by atoms with Gasteiger partial charge in [0.1, 0.15) is 10.3 Å². The van der Waals surface area contributed by atoms with Crippen molar-refractivity contribution in [2.45, 2.75) is 6.92 Å². The van der Waals surface area contributed by atoms with E-state index in [1.165, 1.54) is 0 Å². The van der Waals surface area contributed by atoms with Gasteiger partial charge in [0, 0.05) is 23.0 Å². The Balaban J connectivity index is 2.23. The van der Waals surface area contributed by atoms with Gasteiger partial charge < -0.3 is 0 Å². The van der Waals surface area contributed by atoms with Crippen LogP contribution in [0.25, 0.3) is 21.5 Å². The van der Waals surface area contributed by atoms with Crippen LogP contribution < -0.4 is 0 Å². The lowest BCUT2D eigenvalue weighted by atomic mass is 10.1. The number of pyridine rings is 1. The SMILES string of the molecule is Cc1[nH]ncc1-c1cnc2scnc2c1. The second kappa shape index (κ2) is 3.13. The summed E-state index contributed by atoms with van der Waals surface area (Å²) in [5, 5.41) is 6.91. The molecule has 74 valence electrons. The Hall–Kier alpha value is -1.75. The highest BCUT2D eigenvalue weighted by molar-refractivity contribution is 7.16. The number of rotatable bonds is 1. The third-order valence-electron chi connectivity index (χ3n) is 2.33. The normalized spacial score (nSPS) is 11.0. The van der Waals surface area contributed by atoms with Crippen LogP contribution in [0.1, 0.15) is 5.69 Å². The standard InChI is InChI=1S/C10H8N4S/c1-6-8(4-13-14-6)7-2-9-10(11-3-7)15-5-12-9/h2-5H,1H3,(H,13,14). The van der Waals surface area contributed by atoms with Crippen LogP contribution in [0.4, 0.5) is 0 Å². The Labute approximate surface area is 90.0 Å². The topological polar surface area (TPSA) is 54.5 Å². The van der Waals surface area contributed by atoms with Gasteiger partial charge in [-0.05, 0) is 13.0 Å². The van der Waals surface area contributed by atoms with Gasteiger partial charge >= 0.3 is 0 Å². The first-order valence-electron chi connectivity index (χ1n) is 4.54. The largest absolute Gasteiger partial charge is 0.282 e. The molecule has 3 aromatic heterocycles. The highest BCUT2D eigenvalue weighted by Crippen LogP contribution is 2.24. The molecule has 3 heterocycles. The predicted molar refractivity (Wildman–Crippen MR) is 59.7 cm³/mol. The molecule has 0 aliphatic rings. The van der Waals surface area contributed by atoms with Crippen LogP contribution in [-0.4, -0.2) is 20.2 Å². The minimum Gasteiger partial charge on any atom is -0.282 e. The second-order valence-electron chi connectivity index (χ2n) is 3.31. The number of hydrogen-bond donors (Lipinski definition) is 1. The average molecular weight is 216 g/mol. The van der Waals surface area contributed by atoms with Crippen molar-refractivity contribution in [2.24, 2.45) is 0 Å². The molecule has 1 N–H and O–H groups in total. The molecule has 15 heavy (non-hydrogen) atoms. The Morgan fingerprint density at radius 3 is 3.00 bits per heavy atom. The molecule has 0 atom stereocenters. The molecule has 0 aliphatic heterocycles. The van der Waals surface area contributed by atoms with E-state index in [1.807, 2.05) is 30.9 Å². The Morgan fingerprint density at radius 2 is 2.20 bits per heavy atom. The van der Waals surface area contributed by atoms with E-state index in [2.05, 4.69) is 20.2 Å². The molecule has 0 unspecified atom stereocenters. The third-order valence-corrected chi connectivity index (χ3v) is 3.08. The number of hydrogen-bond acceptors (Lipinski definition) is 4. The number of nitrogens with zero attached hydrogens (tertiary/aromatic N) is 3. The van der Waals surface area contributed by atoms with Gasteiger partial charge in [0.25, 0.3) is 0 Å². The molecule has 3 aromatic rings. The molecule has 4 nitrogen and oxygen atoms in total. The van der Waals surface area contributed by atoms with Gasteiger partial charge in [0.05, 0.1) is 11.7 Å². The van der Waals surface area contributed by atoms with Crippen molar-refractivity contribution in [3.63, 3.8) is 0 Å². The van der Waals surface area contributed by atoms with Crippen LogP contribution in [0.5, 0.6) is 0 Å². The molecule has 0 saturated carbocycles. The zero-order chi connectivity index (χ0) is 10.3. The summed E-state index contributed by atoms with van der Waals surface area (Å²) in [6.45, 7) is 1.99. The van der Waals surface area contributed by atoms with E-state index in [9.17, 15) is 0 Å². The van der Waals surface area contributed by atoms with Gasteiger partial charge in [-0.25, -0.2) is 9.97 Å². The first kappa shape index (κ1) is 8.55. The average Bonchev–Trinajstić information content (AvgIpc) is 2.84. The molecule has 0 aromatic carbocycles. The first-order chi connectivity index (χ1) is 7.34. The fourth-order valence-electron chi connectivity index (χ4n) is 1.55. The van der Waals surface area contributed by atoms with E-state index >= 15 is 0 Å². The summed E-state index contributed by atoms with van der Waals surface area (Å²) in [5.41, 5.74) is 5.94. The van der Waals surface area contributed by atoms with Crippen LogP contribution >= 0.6 is 11.3 Å². The van der Waals surface area contributed by atoms with Crippen LogP contribution in [0, 0.1) is 6.92 Å². The zero-order valence-electron chi connectivity index (χ0n) is 8.06. The molecule has 0 spiro atoms. The molecular formula is C10H8N4S. The maximum absolute atomic E-state index is 4.35. The van der Waals surface area contributed by atoms with Gasteiger partial charge in [-0.2, -0.15) is 5.10 Å². The van der Waals surface area contributed by atoms with Crippen LogP contribution in [0.2, 0.25) is 0 Å². The molecular weight excluding hydrogens is 208 g/mol. The number of aryl methyl sites for hydroxylation is 1. The lowest BCUT2D eigenvalue weighted by molar-refractivity contribution is 1.05. The van der Waals surface area contributed by atoms with E-state index in [0.29, 0.717) is 0 Å². The van der Waals surface area contributed by atoms with Crippen molar-refractivity contribution in [3.05, 3.63) is 29.7 Å². The first-order valence-corrected chi connectivity index (χ1v) is 5.42. The molecule has 0 bridgehead atoms. The molecule has 3 rings (SSSR count). The van der Waals surface area contributed by atoms with Crippen molar-refractivity contribution < 1.29 is 0 Å². The summed E-state index contributed by atoms with van der Waals surface area (Å²) in [4.78, 5) is 9.57. The van der Waals surface area contributed by atoms with Crippen molar-refractivity contribution in [3.8, 4) is 11.1 Å². The third kappa shape index (κ3) is 1.32. The summed E-state index contributed by atoms with van der Waals surface area (Å²) in [6, 6.07) is 2.04. The minimum atomic E-state index is 0.943. The second-order valence-corrected chi connectivity index (χ2v) is 4.14. The molecule has 0 aliphatic carbocycles. The fraction of sp³-hybridized carbons (Fsp3) is 0.100. The van der Waals surface area contributed by atoms with Gasteiger partial charge in [-0.15, -0.1) is 11.3 Å².